The van der Waals surface area contributed by atoms with E-state index in [2.05, 4.69) is 73.3 Å². The van der Waals surface area contributed by atoms with Crippen LogP contribution in [0.25, 0.3) is 22.0 Å². The molecule has 34 heavy (non-hydrogen) atoms. The number of fused-ring (bicyclic) bond motifs is 2. The summed E-state index contributed by atoms with van der Waals surface area (Å²) >= 11 is 0. The van der Waals surface area contributed by atoms with Gasteiger partial charge in [-0.25, -0.2) is 0 Å². The van der Waals surface area contributed by atoms with Crippen LogP contribution in [0.2, 0.25) is 0 Å². The molecular weight excluding hydrogens is 414 g/mol. The number of nitrogens with one attached hydrogen (secondary N) is 1. The van der Waals surface area contributed by atoms with Crippen LogP contribution in [0.15, 0.2) is 36.5 Å². The molecular formula is C31H37N3. The lowest BCUT2D eigenvalue weighted by atomic mass is 9.69. The smallest absolute Gasteiger partial charge is 0.0994 e. The Morgan fingerprint density at radius 2 is 1.76 bits per heavy atom. The second kappa shape index (κ2) is 8.19. The molecule has 2 aromatic carbocycles. The summed E-state index contributed by atoms with van der Waals surface area (Å²) in [5, 5.41) is 14.7. The van der Waals surface area contributed by atoms with Crippen molar-refractivity contribution in [2.24, 2.45) is 17.3 Å². The van der Waals surface area contributed by atoms with Gasteiger partial charge in [-0.1, -0.05) is 45.2 Å². The second-order valence-corrected chi connectivity index (χ2v) is 12.0. The maximum absolute atomic E-state index is 9.80. The number of hydrogen-bond donors (Lipinski definition) is 1. The molecule has 0 spiro atoms. The lowest BCUT2D eigenvalue weighted by Gasteiger charge is -2.39. The van der Waals surface area contributed by atoms with E-state index in [1.54, 1.807) is 0 Å². The first-order valence-corrected chi connectivity index (χ1v) is 13.3. The van der Waals surface area contributed by atoms with Crippen LogP contribution in [0.3, 0.4) is 0 Å². The van der Waals surface area contributed by atoms with E-state index in [1.807, 2.05) is 0 Å². The Kier molecular flexibility index (Phi) is 5.25. The van der Waals surface area contributed by atoms with Gasteiger partial charge >= 0.3 is 0 Å². The van der Waals surface area contributed by atoms with Gasteiger partial charge in [-0.2, -0.15) is 5.26 Å². The average Bonchev–Trinajstić information content (AvgIpc) is 3.15. The van der Waals surface area contributed by atoms with Gasteiger partial charge in [0.2, 0.25) is 0 Å². The molecule has 176 valence electrons. The molecule has 1 aromatic heterocycles. The summed E-state index contributed by atoms with van der Waals surface area (Å²) in [6, 6.07) is 14.1. The van der Waals surface area contributed by atoms with E-state index >= 15 is 0 Å². The van der Waals surface area contributed by atoms with Gasteiger partial charge in [0, 0.05) is 40.9 Å². The average molecular weight is 452 g/mol. The van der Waals surface area contributed by atoms with Gasteiger partial charge in [0.15, 0.2) is 0 Å². The molecule has 0 bridgehead atoms. The maximum atomic E-state index is 9.80. The van der Waals surface area contributed by atoms with Crippen LogP contribution in [0.5, 0.6) is 0 Å². The fourth-order valence-electron chi connectivity index (χ4n) is 6.87. The van der Waals surface area contributed by atoms with Gasteiger partial charge in [-0.3, -0.25) is 0 Å². The zero-order valence-corrected chi connectivity index (χ0v) is 21.0. The van der Waals surface area contributed by atoms with Crippen molar-refractivity contribution in [2.45, 2.75) is 78.2 Å². The zero-order chi connectivity index (χ0) is 23.4. The van der Waals surface area contributed by atoms with Gasteiger partial charge in [0.05, 0.1) is 11.6 Å². The number of nitriles is 1. The highest BCUT2D eigenvalue weighted by Gasteiger charge is 2.33. The molecule has 0 amide bonds. The quantitative estimate of drug-likeness (QED) is 0.438. The first-order chi connectivity index (χ1) is 16.4. The molecule has 1 aliphatic heterocycles. The summed E-state index contributed by atoms with van der Waals surface area (Å²) in [4.78, 5) is 0. The Bertz CT molecular complexity index is 1280. The number of aryl methyl sites for hydroxylation is 1. The van der Waals surface area contributed by atoms with E-state index in [9.17, 15) is 5.26 Å². The molecule has 1 N–H and O–H groups in total. The number of benzene rings is 2. The van der Waals surface area contributed by atoms with Crippen molar-refractivity contribution in [3.63, 3.8) is 0 Å². The standard InChI is InChI=1S/C31H37N3/c1-20-14-30-26(15-23(20)17-32)28(25-8-5-9-29-27(25)16-31(2,3)19-33-29)18-34(30)24-12-10-22(11-13-24)21-6-4-7-21/h5,8-9,14-15,18,21-22,24,33H,4,6-7,10-13,16,19H2,1-3H3. The highest BCUT2D eigenvalue weighted by Crippen LogP contribution is 2.46. The van der Waals surface area contributed by atoms with Crippen LogP contribution in [-0.2, 0) is 6.42 Å². The monoisotopic (exact) mass is 451 g/mol. The largest absolute Gasteiger partial charge is 0.384 e. The van der Waals surface area contributed by atoms with Gasteiger partial charge in [0.25, 0.3) is 0 Å². The van der Waals surface area contributed by atoms with Crippen molar-refractivity contribution in [1.29, 1.82) is 5.26 Å². The molecule has 3 heteroatoms. The van der Waals surface area contributed by atoms with Gasteiger partial charge in [-0.05, 0) is 91.2 Å². The molecule has 0 unspecified atom stereocenters. The lowest BCUT2D eigenvalue weighted by molar-refractivity contribution is 0.142. The molecule has 0 radical (unpaired) electrons. The fourth-order valence-corrected chi connectivity index (χ4v) is 6.87. The Morgan fingerprint density at radius 1 is 1.00 bits per heavy atom. The summed E-state index contributed by atoms with van der Waals surface area (Å²) < 4.78 is 2.58. The van der Waals surface area contributed by atoms with Crippen molar-refractivity contribution >= 4 is 16.6 Å². The number of hydrogen-bond acceptors (Lipinski definition) is 2. The molecule has 0 saturated heterocycles. The minimum Gasteiger partial charge on any atom is -0.384 e. The topological polar surface area (TPSA) is 40.8 Å². The summed E-state index contributed by atoms with van der Waals surface area (Å²) in [7, 11) is 0. The molecule has 3 nitrogen and oxygen atoms in total. The van der Waals surface area contributed by atoms with Gasteiger partial charge < -0.3 is 9.88 Å². The molecule has 2 saturated carbocycles. The predicted molar refractivity (Wildman–Crippen MR) is 141 cm³/mol. The van der Waals surface area contributed by atoms with Crippen molar-refractivity contribution in [1.82, 2.24) is 4.57 Å². The molecule has 0 atom stereocenters. The Morgan fingerprint density at radius 3 is 2.47 bits per heavy atom. The Labute approximate surface area is 204 Å². The first kappa shape index (κ1) is 21.8. The van der Waals surface area contributed by atoms with E-state index in [-0.39, 0.29) is 5.41 Å². The van der Waals surface area contributed by atoms with Crippen LogP contribution >= 0.6 is 0 Å². The van der Waals surface area contributed by atoms with E-state index < -0.39 is 0 Å². The van der Waals surface area contributed by atoms with Crippen molar-refractivity contribution in [3.05, 3.63) is 53.2 Å². The third-order valence-corrected chi connectivity index (χ3v) is 9.13. The molecule has 2 fully saturated rings. The number of nitrogens with zero attached hydrogens (tertiary/aromatic N) is 2. The Hall–Kier alpha value is -2.73. The normalized spacial score (nSPS) is 24.2. The highest BCUT2D eigenvalue weighted by molar-refractivity contribution is 5.99. The van der Waals surface area contributed by atoms with E-state index in [4.69, 9.17) is 0 Å². The number of rotatable bonds is 3. The van der Waals surface area contributed by atoms with Gasteiger partial charge in [-0.15, -0.1) is 0 Å². The minimum absolute atomic E-state index is 0.232. The van der Waals surface area contributed by atoms with Gasteiger partial charge in [0.1, 0.15) is 0 Å². The Balaban J connectivity index is 1.46. The van der Waals surface area contributed by atoms with Crippen LogP contribution < -0.4 is 5.32 Å². The van der Waals surface area contributed by atoms with E-state index in [0.717, 1.165) is 35.9 Å². The maximum Gasteiger partial charge on any atom is 0.0994 e. The first-order valence-electron chi connectivity index (χ1n) is 13.3. The van der Waals surface area contributed by atoms with E-state index in [0.29, 0.717) is 6.04 Å². The van der Waals surface area contributed by atoms with Crippen molar-refractivity contribution < 1.29 is 0 Å². The third-order valence-electron chi connectivity index (χ3n) is 9.13. The predicted octanol–water partition coefficient (Wildman–Crippen LogP) is 8.01. The minimum atomic E-state index is 0.232. The third kappa shape index (κ3) is 3.63. The van der Waals surface area contributed by atoms with Crippen molar-refractivity contribution in [3.8, 4) is 17.2 Å². The van der Waals surface area contributed by atoms with Crippen LogP contribution in [-0.4, -0.2) is 11.1 Å². The number of anilines is 1. The zero-order valence-electron chi connectivity index (χ0n) is 21.0. The molecule has 2 aliphatic carbocycles. The summed E-state index contributed by atoms with van der Waals surface area (Å²) in [6.07, 6.45) is 13.2. The fraction of sp³-hybridized carbons (Fsp3) is 0.516. The van der Waals surface area contributed by atoms with Crippen molar-refractivity contribution in [2.75, 3.05) is 11.9 Å². The lowest BCUT2D eigenvalue weighted by Crippen LogP contribution is -2.30. The van der Waals surface area contributed by atoms with Crippen LogP contribution in [0, 0.1) is 35.5 Å². The molecule has 6 rings (SSSR count). The molecule has 3 aliphatic rings. The second-order valence-electron chi connectivity index (χ2n) is 12.0. The highest BCUT2D eigenvalue weighted by atomic mass is 15.0. The molecule has 2 heterocycles. The number of aromatic nitrogens is 1. The summed E-state index contributed by atoms with van der Waals surface area (Å²) in [5.41, 5.74) is 8.73. The SMILES string of the molecule is Cc1cc2c(cc1C#N)c(-c1cccc3c1CC(C)(C)CN3)cn2C1CCC(C2CCC2)CC1. The van der Waals surface area contributed by atoms with E-state index in [1.165, 1.54) is 78.2 Å². The molecule has 3 aromatic rings. The summed E-state index contributed by atoms with van der Waals surface area (Å²) in [6.45, 7) is 7.79. The van der Waals surface area contributed by atoms with Crippen LogP contribution in [0.1, 0.15) is 81.5 Å². The van der Waals surface area contributed by atoms with Crippen LogP contribution in [0.4, 0.5) is 5.69 Å². The summed E-state index contributed by atoms with van der Waals surface area (Å²) in [5.74, 6) is 1.96.